The Morgan fingerprint density at radius 2 is 1.95 bits per heavy atom. The number of benzene rings is 2. The lowest BCUT2D eigenvalue weighted by Gasteiger charge is -2.21. The molecule has 0 radical (unpaired) electrons. The molecule has 0 spiro atoms. The quantitative estimate of drug-likeness (QED) is 0.939. The van der Waals surface area contributed by atoms with Gasteiger partial charge in [0.25, 0.3) is 0 Å². The number of hydrogen-bond donors (Lipinski definition) is 1. The number of carbonyl (C=O) groups excluding carboxylic acids is 1. The van der Waals surface area contributed by atoms with E-state index in [1.807, 2.05) is 30.0 Å². The van der Waals surface area contributed by atoms with Crippen molar-refractivity contribution in [3.05, 3.63) is 54.1 Å². The van der Waals surface area contributed by atoms with E-state index in [0.29, 0.717) is 6.54 Å². The van der Waals surface area contributed by atoms with Gasteiger partial charge in [-0.1, -0.05) is 43.3 Å². The third-order valence-corrected chi connectivity index (χ3v) is 4.12. The molecule has 1 heterocycles. The fraction of sp³-hybridized carbons (Fsp3) is 0.278. The van der Waals surface area contributed by atoms with Gasteiger partial charge in [0, 0.05) is 24.7 Å². The van der Waals surface area contributed by atoms with Crippen LogP contribution in [0.2, 0.25) is 0 Å². The summed E-state index contributed by atoms with van der Waals surface area (Å²) in [5.41, 5.74) is 10.3. The standard InChI is InChI=1S/C18H20N2O/c1-13(12-19)18(21)20-10-9-16-11-15(7-8-17(16)20)14-5-3-2-4-6-14/h2-8,11,13H,9-10,12,19H2,1H3. The molecule has 3 heteroatoms. The van der Waals surface area contributed by atoms with E-state index >= 15 is 0 Å². The molecule has 0 aliphatic carbocycles. The van der Waals surface area contributed by atoms with Crippen LogP contribution in [0.3, 0.4) is 0 Å². The van der Waals surface area contributed by atoms with Crippen LogP contribution >= 0.6 is 0 Å². The molecular formula is C18H20N2O. The molecule has 3 rings (SSSR count). The third kappa shape index (κ3) is 2.57. The van der Waals surface area contributed by atoms with E-state index in [-0.39, 0.29) is 11.8 Å². The summed E-state index contributed by atoms with van der Waals surface area (Å²) in [4.78, 5) is 14.2. The maximum absolute atomic E-state index is 12.3. The van der Waals surface area contributed by atoms with Gasteiger partial charge in [-0.2, -0.15) is 0 Å². The molecule has 108 valence electrons. The molecule has 1 aliphatic rings. The van der Waals surface area contributed by atoms with Crippen molar-refractivity contribution in [3.8, 4) is 11.1 Å². The molecule has 0 saturated heterocycles. The van der Waals surface area contributed by atoms with E-state index < -0.39 is 0 Å². The maximum atomic E-state index is 12.3. The molecule has 1 atom stereocenters. The van der Waals surface area contributed by atoms with Gasteiger partial charge in [0.2, 0.25) is 5.91 Å². The van der Waals surface area contributed by atoms with Crippen LogP contribution in [0.5, 0.6) is 0 Å². The van der Waals surface area contributed by atoms with Crippen LogP contribution in [-0.4, -0.2) is 19.0 Å². The summed E-state index contributed by atoms with van der Waals surface area (Å²) < 4.78 is 0. The average molecular weight is 280 g/mol. The highest BCUT2D eigenvalue weighted by molar-refractivity contribution is 5.97. The largest absolute Gasteiger partial charge is 0.330 e. The predicted octanol–water partition coefficient (Wildman–Crippen LogP) is 2.84. The summed E-state index contributed by atoms with van der Waals surface area (Å²) in [5.74, 6) is 0.00783. The van der Waals surface area contributed by atoms with Crippen molar-refractivity contribution in [3.63, 3.8) is 0 Å². The van der Waals surface area contributed by atoms with Crippen molar-refractivity contribution in [1.82, 2.24) is 0 Å². The second-order valence-corrected chi connectivity index (χ2v) is 5.59. The number of anilines is 1. The predicted molar refractivity (Wildman–Crippen MR) is 86.2 cm³/mol. The average Bonchev–Trinajstić information content (AvgIpc) is 2.97. The maximum Gasteiger partial charge on any atom is 0.231 e. The zero-order chi connectivity index (χ0) is 14.8. The van der Waals surface area contributed by atoms with Gasteiger partial charge in [0.05, 0.1) is 0 Å². The SMILES string of the molecule is CC(CN)C(=O)N1CCc2cc(-c3ccccc3)ccc21. The third-order valence-electron chi connectivity index (χ3n) is 4.12. The first-order valence-electron chi connectivity index (χ1n) is 7.40. The highest BCUT2D eigenvalue weighted by Crippen LogP contribution is 2.33. The van der Waals surface area contributed by atoms with Gasteiger partial charge < -0.3 is 10.6 Å². The Labute approximate surface area is 125 Å². The molecule has 0 aromatic heterocycles. The second kappa shape index (κ2) is 5.70. The summed E-state index contributed by atoms with van der Waals surface area (Å²) in [7, 11) is 0. The number of carbonyl (C=O) groups is 1. The Bertz CT molecular complexity index is 652. The normalized spacial score (nSPS) is 14.9. The van der Waals surface area contributed by atoms with Gasteiger partial charge in [0.15, 0.2) is 0 Å². The molecular weight excluding hydrogens is 260 g/mol. The van der Waals surface area contributed by atoms with Gasteiger partial charge in [-0.15, -0.1) is 0 Å². The van der Waals surface area contributed by atoms with Crippen LogP contribution in [0, 0.1) is 5.92 Å². The number of amides is 1. The minimum atomic E-state index is -0.121. The van der Waals surface area contributed by atoms with Crippen LogP contribution < -0.4 is 10.6 Å². The molecule has 1 amide bonds. The molecule has 2 aromatic rings. The summed E-state index contributed by atoms with van der Waals surface area (Å²) >= 11 is 0. The Balaban J connectivity index is 1.91. The van der Waals surface area contributed by atoms with Gasteiger partial charge in [-0.05, 0) is 35.2 Å². The van der Waals surface area contributed by atoms with Gasteiger partial charge >= 0.3 is 0 Å². The highest BCUT2D eigenvalue weighted by Gasteiger charge is 2.27. The Morgan fingerprint density at radius 3 is 2.67 bits per heavy atom. The summed E-state index contributed by atoms with van der Waals surface area (Å²) in [5, 5.41) is 0. The Morgan fingerprint density at radius 1 is 1.19 bits per heavy atom. The van der Waals surface area contributed by atoms with Crippen molar-refractivity contribution in [2.75, 3.05) is 18.0 Å². The van der Waals surface area contributed by atoms with Crippen LogP contribution in [0.4, 0.5) is 5.69 Å². The molecule has 21 heavy (non-hydrogen) atoms. The van der Waals surface area contributed by atoms with Crippen molar-refractivity contribution >= 4 is 11.6 Å². The summed E-state index contributed by atoms with van der Waals surface area (Å²) in [6.07, 6.45) is 0.916. The van der Waals surface area contributed by atoms with Gasteiger partial charge in [-0.3, -0.25) is 4.79 Å². The molecule has 2 N–H and O–H groups in total. The molecule has 0 fully saturated rings. The van der Waals surface area contributed by atoms with Crippen LogP contribution in [0.1, 0.15) is 12.5 Å². The number of rotatable bonds is 3. The lowest BCUT2D eigenvalue weighted by molar-refractivity contribution is -0.121. The number of nitrogens with two attached hydrogens (primary N) is 1. The Hall–Kier alpha value is -2.13. The zero-order valence-corrected chi connectivity index (χ0v) is 12.3. The van der Waals surface area contributed by atoms with E-state index in [9.17, 15) is 4.79 Å². The van der Waals surface area contributed by atoms with Crippen molar-refractivity contribution in [2.45, 2.75) is 13.3 Å². The fourth-order valence-corrected chi connectivity index (χ4v) is 2.81. The first-order chi connectivity index (χ1) is 10.2. The van der Waals surface area contributed by atoms with E-state index in [1.165, 1.54) is 16.7 Å². The van der Waals surface area contributed by atoms with Crippen molar-refractivity contribution in [2.24, 2.45) is 11.7 Å². The minimum Gasteiger partial charge on any atom is -0.330 e. The minimum absolute atomic E-state index is 0.121. The number of hydrogen-bond acceptors (Lipinski definition) is 2. The molecule has 1 aliphatic heterocycles. The van der Waals surface area contributed by atoms with E-state index in [2.05, 4.69) is 30.3 Å². The van der Waals surface area contributed by atoms with Crippen LogP contribution in [0.25, 0.3) is 11.1 Å². The summed E-state index contributed by atoms with van der Waals surface area (Å²) in [6.45, 7) is 3.04. The van der Waals surface area contributed by atoms with E-state index in [1.54, 1.807) is 0 Å². The Kier molecular flexibility index (Phi) is 3.76. The monoisotopic (exact) mass is 280 g/mol. The first kappa shape index (κ1) is 13.8. The smallest absolute Gasteiger partial charge is 0.231 e. The van der Waals surface area contributed by atoms with E-state index in [4.69, 9.17) is 5.73 Å². The highest BCUT2D eigenvalue weighted by atomic mass is 16.2. The zero-order valence-electron chi connectivity index (χ0n) is 12.3. The molecule has 3 nitrogen and oxygen atoms in total. The lowest BCUT2D eigenvalue weighted by Crippen LogP contribution is -2.36. The lowest BCUT2D eigenvalue weighted by atomic mass is 10.0. The molecule has 0 bridgehead atoms. The number of fused-ring (bicyclic) bond motifs is 1. The fourth-order valence-electron chi connectivity index (χ4n) is 2.81. The van der Waals surface area contributed by atoms with Crippen LogP contribution in [0.15, 0.2) is 48.5 Å². The van der Waals surface area contributed by atoms with Crippen molar-refractivity contribution < 1.29 is 4.79 Å². The second-order valence-electron chi connectivity index (χ2n) is 5.59. The van der Waals surface area contributed by atoms with Crippen molar-refractivity contribution in [1.29, 1.82) is 0 Å². The topological polar surface area (TPSA) is 46.3 Å². The number of nitrogens with zero attached hydrogens (tertiary/aromatic N) is 1. The molecule has 0 saturated carbocycles. The van der Waals surface area contributed by atoms with E-state index in [0.717, 1.165) is 18.7 Å². The molecule has 2 aromatic carbocycles. The van der Waals surface area contributed by atoms with Gasteiger partial charge in [-0.25, -0.2) is 0 Å². The molecule has 1 unspecified atom stereocenters. The summed E-state index contributed by atoms with van der Waals surface area (Å²) in [6, 6.07) is 16.7. The van der Waals surface area contributed by atoms with Gasteiger partial charge in [0.1, 0.15) is 0 Å². The first-order valence-corrected chi connectivity index (χ1v) is 7.40. The van der Waals surface area contributed by atoms with Crippen LogP contribution in [-0.2, 0) is 11.2 Å².